The van der Waals surface area contributed by atoms with Crippen molar-refractivity contribution >= 4 is 29.5 Å². The number of benzene rings is 1. The number of rotatable bonds is 13. The van der Waals surface area contributed by atoms with E-state index in [2.05, 4.69) is 20.7 Å². The highest BCUT2D eigenvalue weighted by Crippen LogP contribution is 2.24. The predicted molar refractivity (Wildman–Crippen MR) is 136 cm³/mol. The summed E-state index contributed by atoms with van der Waals surface area (Å²) in [5, 5.41) is 14.7. The molecular weight excluding hydrogens is 540 g/mol. The van der Waals surface area contributed by atoms with Crippen LogP contribution < -0.4 is 26.4 Å². The smallest absolute Gasteiger partial charge is 0.406 e. The number of carbonyl (C=O) groups is 4. The zero-order chi connectivity index (χ0) is 30.0. The number of hydrogen-bond acceptors (Lipinski definition) is 6. The average Bonchev–Trinajstić information content (AvgIpc) is 3.37. The first-order chi connectivity index (χ1) is 18.7. The summed E-state index contributed by atoms with van der Waals surface area (Å²) in [4.78, 5) is 52.7. The van der Waals surface area contributed by atoms with Crippen LogP contribution in [0.4, 0.5) is 17.6 Å². The van der Waals surface area contributed by atoms with Crippen molar-refractivity contribution in [2.24, 2.45) is 11.7 Å². The molecule has 6 N–H and O–H groups in total. The fraction of sp³-hybridized carbons (Fsp3) is 0.560. The fourth-order valence-corrected chi connectivity index (χ4v) is 4.26. The van der Waals surface area contributed by atoms with Crippen molar-refractivity contribution in [3.63, 3.8) is 0 Å². The SMILES string of the molecule is CC(C)[C@H](NC(=O)c1cccc(OC(F)(F)F)c1)C(=O)N1CCC[C@H]1C(=O)N[C@@H](CCCNC(=N)N)C(=O)CF. The average molecular weight is 575 g/mol. The van der Waals surface area contributed by atoms with Gasteiger partial charge < -0.3 is 31.3 Å². The molecule has 0 unspecified atom stereocenters. The molecule has 3 amide bonds. The monoisotopic (exact) mass is 574 g/mol. The summed E-state index contributed by atoms with van der Waals surface area (Å²) in [5.41, 5.74) is 5.04. The van der Waals surface area contributed by atoms with E-state index in [1.807, 2.05) is 0 Å². The minimum absolute atomic E-state index is 0.0806. The summed E-state index contributed by atoms with van der Waals surface area (Å²) in [6.07, 6.45) is -3.83. The lowest BCUT2D eigenvalue weighted by Gasteiger charge is -2.31. The highest BCUT2D eigenvalue weighted by molar-refractivity contribution is 5.99. The number of halogens is 4. The van der Waals surface area contributed by atoms with Gasteiger partial charge in [-0.05, 0) is 49.8 Å². The van der Waals surface area contributed by atoms with Crippen LogP contribution in [0.2, 0.25) is 0 Å². The second kappa shape index (κ2) is 14.5. The van der Waals surface area contributed by atoms with Crippen molar-refractivity contribution in [1.29, 1.82) is 5.41 Å². The molecule has 0 aromatic heterocycles. The van der Waals surface area contributed by atoms with E-state index >= 15 is 0 Å². The molecule has 1 heterocycles. The zero-order valence-corrected chi connectivity index (χ0v) is 22.1. The van der Waals surface area contributed by atoms with E-state index in [0.717, 1.165) is 12.1 Å². The highest BCUT2D eigenvalue weighted by Gasteiger charge is 2.40. The zero-order valence-electron chi connectivity index (χ0n) is 22.1. The van der Waals surface area contributed by atoms with E-state index in [1.54, 1.807) is 13.8 Å². The van der Waals surface area contributed by atoms with E-state index in [0.29, 0.717) is 12.8 Å². The standard InChI is InChI=1S/C25H34F4N6O5/c1-14(2)20(34-21(37)15-6-3-7-16(12-15)40-25(27,28)29)23(39)35-11-5-9-18(35)22(38)33-17(19(36)13-26)8-4-10-32-24(30)31/h3,6-7,12,14,17-18,20H,4-5,8-11,13H2,1-2H3,(H,33,38)(H,34,37)(H4,30,31,32)/t17-,18-,20-/m0/s1. The number of Topliss-reactive ketones (excluding diaryl/α,β-unsaturated/α-hetero) is 1. The van der Waals surface area contributed by atoms with Gasteiger partial charge in [-0.2, -0.15) is 0 Å². The Balaban J connectivity index is 2.12. The molecular formula is C25H34F4N6O5. The Hall–Kier alpha value is -3.91. The molecule has 222 valence electrons. The molecule has 15 heteroatoms. The van der Waals surface area contributed by atoms with Crippen LogP contribution in [-0.4, -0.2) is 78.6 Å². The predicted octanol–water partition coefficient (Wildman–Crippen LogP) is 1.62. The number of ether oxygens (including phenoxy) is 1. The first-order valence-corrected chi connectivity index (χ1v) is 12.7. The molecule has 40 heavy (non-hydrogen) atoms. The molecule has 0 bridgehead atoms. The number of likely N-dealkylation sites (tertiary alicyclic amines) is 1. The summed E-state index contributed by atoms with van der Waals surface area (Å²) in [6, 6.07) is 1.16. The lowest BCUT2D eigenvalue weighted by Crippen LogP contribution is -2.56. The Morgan fingerprint density at radius 3 is 2.50 bits per heavy atom. The maximum atomic E-state index is 13.5. The van der Waals surface area contributed by atoms with Crippen LogP contribution in [0.1, 0.15) is 49.9 Å². The van der Waals surface area contributed by atoms with Crippen LogP contribution in [0.3, 0.4) is 0 Å². The second-order valence-corrected chi connectivity index (χ2v) is 9.60. The van der Waals surface area contributed by atoms with Gasteiger partial charge in [0, 0.05) is 18.7 Å². The van der Waals surface area contributed by atoms with E-state index in [4.69, 9.17) is 11.1 Å². The third kappa shape index (κ3) is 9.68. The number of amides is 3. The molecule has 1 aliphatic heterocycles. The molecule has 11 nitrogen and oxygen atoms in total. The van der Waals surface area contributed by atoms with E-state index in [9.17, 15) is 36.7 Å². The summed E-state index contributed by atoms with van der Waals surface area (Å²) in [6.45, 7) is 2.44. The van der Waals surface area contributed by atoms with Crippen molar-refractivity contribution in [2.75, 3.05) is 19.8 Å². The topological polar surface area (TPSA) is 167 Å². The number of alkyl halides is 4. The van der Waals surface area contributed by atoms with Crippen molar-refractivity contribution in [3.05, 3.63) is 29.8 Å². The maximum Gasteiger partial charge on any atom is 0.573 e. The first-order valence-electron chi connectivity index (χ1n) is 12.7. The van der Waals surface area contributed by atoms with Gasteiger partial charge in [0.2, 0.25) is 11.8 Å². The fourth-order valence-electron chi connectivity index (χ4n) is 4.26. The minimum atomic E-state index is -4.95. The van der Waals surface area contributed by atoms with Gasteiger partial charge in [-0.1, -0.05) is 19.9 Å². The molecule has 0 aliphatic carbocycles. The Bertz CT molecular complexity index is 1080. The van der Waals surface area contributed by atoms with Gasteiger partial charge in [0.05, 0.1) is 6.04 Å². The van der Waals surface area contributed by atoms with Crippen molar-refractivity contribution in [2.45, 2.75) is 64.0 Å². The van der Waals surface area contributed by atoms with E-state index in [1.165, 1.54) is 17.0 Å². The lowest BCUT2D eigenvalue weighted by molar-refractivity contribution is -0.274. The quantitative estimate of drug-likeness (QED) is 0.103. The summed E-state index contributed by atoms with van der Waals surface area (Å²) < 4.78 is 54.7. The van der Waals surface area contributed by atoms with Gasteiger partial charge in [0.1, 0.15) is 24.5 Å². The first kappa shape index (κ1) is 32.3. The van der Waals surface area contributed by atoms with Gasteiger partial charge in [-0.3, -0.25) is 24.6 Å². The van der Waals surface area contributed by atoms with Crippen LogP contribution in [0, 0.1) is 11.3 Å². The van der Waals surface area contributed by atoms with Crippen LogP contribution in [-0.2, 0) is 14.4 Å². The molecule has 0 saturated carbocycles. The third-order valence-corrected chi connectivity index (χ3v) is 6.21. The van der Waals surface area contributed by atoms with Gasteiger partial charge in [-0.25, -0.2) is 4.39 Å². The van der Waals surface area contributed by atoms with Gasteiger partial charge >= 0.3 is 6.36 Å². The lowest BCUT2D eigenvalue weighted by atomic mass is 10.0. The number of hydrogen-bond donors (Lipinski definition) is 5. The van der Waals surface area contributed by atoms with Crippen LogP contribution in [0.25, 0.3) is 0 Å². The molecule has 1 aromatic carbocycles. The van der Waals surface area contributed by atoms with Gasteiger partial charge in [-0.15, -0.1) is 13.2 Å². The van der Waals surface area contributed by atoms with Crippen molar-refractivity contribution in [3.8, 4) is 5.75 Å². The number of nitrogens with zero attached hydrogens (tertiary/aromatic N) is 1. The largest absolute Gasteiger partial charge is 0.573 e. The molecule has 3 atom stereocenters. The summed E-state index contributed by atoms with van der Waals surface area (Å²) in [7, 11) is 0. The molecule has 1 aromatic rings. The molecule has 2 rings (SSSR count). The minimum Gasteiger partial charge on any atom is -0.406 e. The molecule has 0 spiro atoms. The molecule has 1 saturated heterocycles. The Kier molecular flexibility index (Phi) is 11.7. The molecule has 1 aliphatic rings. The van der Waals surface area contributed by atoms with E-state index in [-0.39, 0.29) is 37.5 Å². The van der Waals surface area contributed by atoms with E-state index < -0.39 is 66.3 Å². The number of guanidine groups is 1. The third-order valence-electron chi connectivity index (χ3n) is 6.21. The van der Waals surface area contributed by atoms with Gasteiger partial charge in [0.25, 0.3) is 5.91 Å². The molecule has 0 radical (unpaired) electrons. The number of nitrogens with two attached hydrogens (primary N) is 1. The Morgan fingerprint density at radius 1 is 1.20 bits per heavy atom. The van der Waals surface area contributed by atoms with Crippen molar-refractivity contribution in [1.82, 2.24) is 20.9 Å². The maximum absolute atomic E-state index is 13.5. The van der Waals surface area contributed by atoms with Crippen LogP contribution >= 0.6 is 0 Å². The van der Waals surface area contributed by atoms with Crippen LogP contribution in [0.5, 0.6) is 5.75 Å². The summed E-state index contributed by atoms with van der Waals surface area (Å²) in [5.74, 6) is -4.20. The molecule has 1 fully saturated rings. The number of nitrogens with one attached hydrogen (secondary N) is 4. The normalized spacial score (nSPS) is 16.7. The van der Waals surface area contributed by atoms with Crippen LogP contribution in [0.15, 0.2) is 24.3 Å². The van der Waals surface area contributed by atoms with Gasteiger partial charge in [0.15, 0.2) is 11.7 Å². The Morgan fingerprint density at radius 2 is 1.90 bits per heavy atom. The number of carbonyl (C=O) groups excluding carboxylic acids is 4. The number of ketones is 1. The second-order valence-electron chi connectivity index (χ2n) is 9.60. The summed E-state index contributed by atoms with van der Waals surface area (Å²) >= 11 is 0. The Labute approximate surface area is 228 Å². The van der Waals surface area contributed by atoms with Crippen molar-refractivity contribution < 1.29 is 41.5 Å². The highest BCUT2D eigenvalue weighted by atomic mass is 19.4.